The summed E-state index contributed by atoms with van der Waals surface area (Å²) in [6.45, 7) is 4.31. The van der Waals surface area contributed by atoms with Crippen molar-refractivity contribution in [3.05, 3.63) is 69.5 Å². The van der Waals surface area contributed by atoms with E-state index in [1.807, 2.05) is 62.4 Å². The lowest BCUT2D eigenvalue weighted by atomic mass is 10.1. The Balaban J connectivity index is 1.93. The second kappa shape index (κ2) is 9.14. The molecule has 2 aromatic carbocycles. The Morgan fingerprint density at radius 1 is 1.19 bits per heavy atom. The fourth-order valence-electron chi connectivity index (χ4n) is 3.19. The van der Waals surface area contributed by atoms with Gasteiger partial charge in [-0.2, -0.15) is 0 Å². The molecule has 0 saturated heterocycles. The molecule has 4 aromatic rings. The van der Waals surface area contributed by atoms with Crippen LogP contribution < -0.4 is 10.1 Å². The number of amides is 1. The standard InChI is InChI=1S/C24H22ClN3O3S/c1-5-30-17-10-11-20-18(12-17)19(13-21(31-20)15-6-8-16(25)9-7-15)27-24-26-14(2)22(32-24)23(29)28(3)4/h6-13H,5H2,1-4H3. The number of ether oxygens (including phenoxy) is 1. The largest absolute Gasteiger partial charge is 0.494 e. The minimum absolute atomic E-state index is 0.0881. The van der Waals surface area contributed by atoms with E-state index in [4.69, 9.17) is 25.7 Å². The third-order valence-corrected chi connectivity index (χ3v) is 6.05. The summed E-state index contributed by atoms with van der Waals surface area (Å²) in [7, 11) is 3.44. The smallest absolute Gasteiger partial charge is 0.265 e. The summed E-state index contributed by atoms with van der Waals surface area (Å²) in [5, 5.41) is 2.62. The average Bonchev–Trinajstić information content (AvgIpc) is 3.13. The molecule has 0 aliphatic rings. The van der Waals surface area contributed by atoms with E-state index in [9.17, 15) is 4.79 Å². The van der Waals surface area contributed by atoms with Gasteiger partial charge in [-0.1, -0.05) is 22.9 Å². The topological polar surface area (TPSA) is 67.9 Å². The van der Waals surface area contributed by atoms with Crippen molar-refractivity contribution in [2.24, 2.45) is 4.99 Å². The number of aryl methyl sites for hydroxylation is 1. The zero-order valence-electron chi connectivity index (χ0n) is 18.2. The summed E-state index contributed by atoms with van der Waals surface area (Å²) in [6, 6.07) is 14.9. The quantitative estimate of drug-likeness (QED) is 0.369. The number of halogens is 1. The maximum Gasteiger partial charge on any atom is 0.265 e. The second-order valence-electron chi connectivity index (χ2n) is 7.32. The van der Waals surface area contributed by atoms with Crippen LogP contribution in [0.2, 0.25) is 5.02 Å². The van der Waals surface area contributed by atoms with Crippen molar-refractivity contribution < 1.29 is 13.9 Å². The van der Waals surface area contributed by atoms with Gasteiger partial charge in [0.25, 0.3) is 5.91 Å². The molecular formula is C24H22ClN3O3S. The highest BCUT2D eigenvalue weighted by molar-refractivity contribution is 7.17. The van der Waals surface area contributed by atoms with Gasteiger partial charge < -0.3 is 14.1 Å². The predicted octanol–water partition coefficient (Wildman–Crippen LogP) is 5.85. The minimum atomic E-state index is -0.0881. The van der Waals surface area contributed by atoms with Gasteiger partial charge in [0.05, 0.1) is 17.7 Å². The lowest BCUT2D eigenvalue weighted by Gasteiger charge is -2.08. The number of hydrogen-bond acceptors (Lipinski definition) is 6. The minimum Gasteiger partial charge on any atom is -0.494 e. The van der Waals surface area contributed by atoms with Gasteiger partial charge in [0.1, 0.15) is 22.0 Å². The van der Waals surface area contributed by atoms with E-state index in [1.165, 1.54) is 16.2 Å². The van der Waals surface area contributed by atoms with Gasteiger partial charge in [0.2, 0.25) is 5.13 Å². The molecule has 0 bridgehead atoms. The molecule has 8 heteroatoms. The highest BCUT2D eigenvalue weighted by Gasteiger charge is 2.17. The highest BCUT2D eigenvalue weighted by atomic mass is 35.5. The molecule has 0 aliphatic heterocycles. The molecule has 1 amide bonds. The third kappa shape index (κ3) is 4.54. The summed E-state index contributed by atoms with van der Waals surface area (Å²) in [5.74, 6) is 1.29. The molecule has 6 nitrogen and oxygen atoms in total. The van der Waals surface area contributed by atoms with E-state index in [1.54, 1.807) is 14.1 Å². The van der Waals surface area contributed by atoms with E-state index in [0.717, 1.165) is 16.7 Å². The van der Waals surface area contributed by atoms with Crippen LogP contribution in [0.1, 0.15) is 22.3 Å². The van der Waals surface area contributed by atoms with Gasteiger partial charge >= 0.3 is 0 Å². The number of nitrogens with zero attached hydrogens (tertiary/aromatic N) is 3. The first-order valence-corrected chi connectivity index (χ1v) is 11.3. The van der Waals surface area contributed by atoms with Gasteiger partial charge in [-0.3, -0.25) is 4.79 Å². The number of hydrogen-bond donors (Lipinski definition) is 0. The molecule has 0 unspecified atom stereocenters. The predicted molar refractivity (Wildman–Crippen MR) is 128 cm³/mol. The molecular weight excluding hydrogens is 446 g/mol. The van der Waals surface area contributed by atoms with Gasteiger partial charge in [-0.25, -0.2) is 9.98 Å². The summed E-state index contributed by atoms with van der Waals surface area (Å²) in [5.41, 5.74) is 2.20. The number of carbonyl (C=O) groups excluding carboxylic acids is 1. The van der Waals surface area contributed by atoms with Crippen LogP contribution >= 0.6 is 22.9 Å². The van der Waals surface area contributed by atoms with Crippen LogP contribution in [0, 0.1) is 6.92 Å². The molecule has 0 aliphatic carbocycles. The molecule has 4 rings (SSSR count). The summed E-state index contributed by atoms with van der Waals surface area (Å²) < 4.78 is 11.8. The van der Waals surface area contributed by atoms with Gasteiger partial charge in [0.15, 0.2) is 0 Å². The van der Waals surface area contributed by atoms with Crippen LogP contribution in [0.5, 0.6) is 5.75 Å². The van der Waals surface area contributed by atoms with Gasteiger partial charge in [-0.15, -0.1) is 0 Å². The van der Waals surface area contributed by atoms with Crippen LogP contribution in [-0.2, 0) is 0 Å². The molecule has 0 atom stereocenters. The Hall–Kier alpha value is -3.16. The molecule has 32 heavy (non-hydrogen) atoms. The summed E-state index contributed by atoms with van der Waals surface area (Å²) in [6.07, 6.45) is 0. The third-order valence-electron chi connectivity index (χ3n) is 4.76. The monoisotopic (exact) mass is 467 g/mol. The molecule has 2 heterocycles. The van der Waals surface area contributed by atoms with Gasteiger partial charge in [0, 0.05) is 36.1 Å². The average molecular weight is 468 g/mol. The van der Waals surface area contributed by atoms with Crippen LogP contribution in [0.25, 0.3) is 22.3 Å². The number of rotatable bonds is 5. The molecule has 0 fully saturated rings. The normalized spacial score (nSPS) is 11.7. The first-order valence-electron chi connectivity index (χ1n) is 10.1. The fraction of sp³-hybridized carbons (Fsp3) is 0.208. The van der Waals surface area contributed by atoms with Crippen LogP contribution in [-0.4, -0.2) is 36.5 Å². The van der Waals surface area contributed by atoms with E-state index in [2.05, 4.69) is 4.98 Å². The van der Waals surface area contributed by atoms with Crippen molar-refractivity contribution in [1.29, 1.82) is 0 Å². The maximum absolute atomic E-state index is 12.4. The zero-order chi connectivity index (χ0) is 22.8. The van der Waals surface area contributed by atoms with Crippen LogP contribution in [0.4, 0.5) is 5.13 Å². The summed E-state index contributed by atoms with van der Waals surface area (Å²) in [4.78, 5) is 23.9. The Morgan fingerprint density at radius 3 is 2.62 bits per heavy atom. The first-order chi connectivity index (χ1) is 15.4. The van der Waals surface area contributed by atoms with E-state index in [0.29, 0.717) is 44.0 Å². The van der Waals surface area contributed by atoms with Crippen molar-refractivity contribution >= 4 is 44.9 Å². The zero-order valence-corrected chi connectivity index (χ0v) is 19.8. The molecule has 2 aromatic heterocycles. The second-order valence-corrected chi connectivity index (χ2v) is 8.73. The lowest BCUT2D eigenvalue weighted by Crippen LogP contribution is -2.21. The molecule has 0 saturated carbocycles. The van der Waals surface area contributed by atoms with Crippen molar-refractivity contribution in [2.75, 3.05) is 20.7 Å². The van der Waals surface area contributed by atoms with E-state index < -0.39 is 0 Å². The van der Waals surface area contributed by atoms with Crippen LogP contribution in [0.15, 0.2) is 57.9 Å². The van der Waals surface area contributed by atoms with E-state index in [-0.39, 0.29) is 5.91 Å². The molecule has 164 valence electrons. The van der Waals surface area contributed by atoms with Crippen molar-refractivity contribution in [2.45, 2.75) is 13.8 Å². The Kier molecular flexibility index (Phi) is 6.30. The van der Waals surface area contributed by atoms with E-state index >= 15 is 0 Å². The number of fused-ring (bicyclic) bond motifs is 1. The van der Waals surface area contributed by atoms with Crippen LogP contribution in [0.3, 0.4) is 0 Å². The fourth-order valence-corrected chi connectivity index (χ4v) is 4.29. The first kappa shape index (κ1) is 22.0. The number of thiazole rings is 1. The Morgan fingerprint density at radius 2 is 1.94 bits per heavy atom. The maximum atomic E-state index is 12.4. The molecule has 0 spiro atoms. The molecule has 0 N–H and O–H groups in total. The number of aromatic nitrogens is 1. The lowest BCUT2D eigenvalue weighted by molar-refractivity contribution is 0.0831. The van der Waals surface area contributed by atoms with Crippen molar-refractivity contribution in [1.82, 2.24) is 9.88 Å². The van der Waals surface area contributed by atoms with Gasteiger partial charge in [-0.05, 0) is 56.3 Å². The van der Waals surface area contributed by atoms with Crippen molar-refractivity contribution in [3.8, 4) is 17.1 Å². The number of carbonyl (C=O) groups is 1. The summed E-state index contributed by atoms with van der Waals surface area (Å²) >= 11 is 7.31. The SMILES string of the molecule is CCOc1ccc2oc(-c3ccc(Cl)cc3)cc(=Nc3nc(C)c(C(=O)N(C)C)s3)c2c1. The highest BCUT2D eigenvalue weighted by Crippen LogP contribution is 2.28. The Labute approximate surface area is 194 Å². The van der Waals surface area contributed by atoms with Crippen molar-refractivity contribution in [3.63, 3.8) is 0 Å². The number of benzene rings is 2. The molecule has 0 radical (unpaired) electrons. The Bertz CT molecular complexity index is 1360.